The topological polar surface area (TPSA) is 75.6 Å². The van der Waals surface area contributed by atoms with E-state index in [2.05, 4.69) is 20.3 Å². The van der Waals surface area contributed by atoms with Crippen molar-refractivity contribution in [2.75, 3.05) is 0 Å². The van der Waals surface area contributed by atoms with Gasteiger partial charge >= 0.3 is 0 Å². The lowest BCUT2D eigenvalue weighted by atomic mass is 10.3. The van der Waals surface area contributed by atoms with Crippen LogP contribution < -0.4 is 5.32 Å². The van der Waals surface area contributed by atoms with Crippen molar-refractivity contribution in [3.63, 3.8) is 0 Å². The smallest absolute Gasteiger partial charge is 0.240 e. The van der Waals surface area contributed by atoms with E-state index in [4.69, 9.17) is 0 Å². The van der Waals surface area contributed by atoms with Gasteiger partial charge in [0.05, 0.1) is 35.9 Å². The van der Waals surface area contributed by atoms with Crippen LogP contribution in [0.1, 0.15) is 5.69 Å². The summed E-state index contributed by atoms with van der Waals surface area (Å²) in [5, 5.41) is 2.83. The number of hydrogen-bond donors (Lipinski definition) is 2. The van der Waals surface area contributed by atoms with Crippen molar-refractivity contribution in [2.24, 2.45) is 0 Å². The fraction of sp³-hybridized carbons (Fsp3) is 0.154. The Morgan fingerprint density at radius 3 is 3.11 bits per heavy atom. The first-order valence-electron chi connectivity index (χ1n) is 5.97. The van der Waals surface area contributed by atoms with E-state index in [-0.39, 0.29) is 12.5 Å². The molecule has 6 nitrogen and oxygen atoms in total. The highest BCUT2D eigenvalue weighted by atomic mass is 16.1. The molecule has 3 aromatic rings. The maximum Gasteiger partial charge on any atom is 0.240 e. The molecule has 0 unspecified atom stereocenters. The Bertz CT molecular complexity index is 686. The van der Waals surface area contributed by atoms with Gasteiger partial charge in [-0.05, 0) is 12.1 Å². The van der Waals surface area contributed by atoms with Gasteiger partial charge < -0.3 is 14.9 Å². The van der Waals surface area contributed by atoms with Gasteiger partial charge in [-0.3, -0.25) is 4.79 Å². The van der Waals surface area contributed by atoms with E-state index in [1.54, 1.807) is 18.9 Å². The molecule has 2 heterocycles. The maximum absolute atomic E-state index is 11.9. The van der Waals surface area contributed by atoms with Gasteiger partial charge in [0, 0.05) is 6.20 Å². The summed E-state index contributed by atoms with van der Waals surface area (Å²) in [6.07, 6.45) is 4.96. The molecule has 0 radical (unpaired) electrons. The summed E-state index contributed by atoms with van der Waals surface area (Å²) in [5.74, 6) is -0.0576. The first-order chi connectivity index (χ1) is 9.33. The zero-order valence-corrected chi connectivity index (χ0v) is 10.2. The molecule has 1 amide bonds. The lowest BCUT2D eigenvalue weighted by molar-refractivity contribution is -0.121. The molecular weight excluding hydrogens is 242 g/mol. The third-order valence-electron chi connectivity index (χ3n) is 2.87. The van der Waals surface area contributed by atoms with Crippen LogP contribution in [0.25, 0.3) is 11.0 Å². The fourth-order valence-electron chi connectivity index (χ4n) is 1.92. The highest BCUT2D eigenvalue weighted by Gasteiger charge is 2.06. The third kappa shape index (κ3) is 2.47. The van der Waals surface area contributed by atoms with E-state index < -0.39 is 0 Å². The number of hydrogen-bond acceptors (Lipinski definition) is 3. The molecular formula is C13H13N5O. The highest BCUT2D eigenvalue weighted by Crippen LogP contribution is 2.11. The molecule has 2 aromatic heterocycles. The van der Waals surface area contributed by atoms with E-state index >= 15 is 0 Å². The summed E-state index contributed by atoms with van der Waals surface area (Å²) in [6, 6.07) is 7.74. The van der Waals surface area contributed by atoms with Crippen LogP contribution in [-0.4, -0.2) is 25.4 Å². The molecule has 3 rings (SSSR count). The summed E-state index contributed by atoms with van der Waals surface area (Å²) >= 11 is 0. The van der Waals surface area contributed by atoms with Crippen LogP contribution in [0, 0.1) is 0 Å². The number of nitrogens with zero attached hydrogens (tertiary/aromatic N) is 3. The molecule has 0 atom stereocenters. The summed E-state index contributed by atoms with van der Waals surface area (Å²) < 4.78 is 1.83. The average Bonchev–Trinajstić information content (AvgIpc) is 3.07. The molecule has 2 N–H and O–H groups in total. The van der Waals surface area contributed by atoms with E-state index in [1.807, 2.05) is 28.8 Å². The Hall–Kier alpha value is -2.63. The van der Waals surface area contributed by atoms with Gasteiger partial charge in [-0.1, -0.05) is 12.1 Å². The number of carbonyl (C=O) groups excluding carboxylic acids is 1. The lowest BCUT2D eigenvalue weighted by Gasteiger charge is -2.05. The van der Waals surface area contributed by atoms with Crippen molar-refractivity contribution < 1.29 is 4.79 Å². The summed E-state index contributed by atoms with van der Waals surface area (Å²) in [4.78, 5) is 22.9. The first-order valence-corrected chi connectivity index (χ1v) is 5.97. The Kier molecular flexibility index (Phi) is 2.97. The fourth-order valence-corrected chi connectivity index (χ4v) is 1.92. The van der Waals surface area contributed by atoms with Crippen molar-refractivity contribution in [1.29, 1.82) is 0 Å². The van der Waals surface area contributed by atoms with Gasteiger partial charge in [-0.15, -0.1) is 0 Å². The zero-order chi connectivity index (χ0) is 13.1. The van der Waals surface area contributed by atoms with Crippen molar-refractivity contribution in [1.82, 2.24) is 24.8 Å². The van der Waals surface area contributed by atoms with Crippen LogP contribution in [0.3, 0.4) is 0 Å². The van der Waals surface area contributed by atoms with Gasteiger partial charge in [0.25, 0.3) is 0 Å². The Labute approximate surface area is 109 Å². The highest BCUT2D eigenvalue weighted by molar-refractivity contribution is 5.80. The summed E-state index contributed by atoms with van der Waals surface area (Å²) in [5.41, 5.74) is 2.73. The molecule has 0 fully saturated rings. The number of para-hydroxylation sites is 2. The molecule has 0 saturated carbocycles. The molecule has 6 heteroatoms. The second-order valence-corrected chi connectivity index (χ2v) is 4.21. The largest absolute Gasteiger partial charge is 0.349 e. The van der Waals surface area contributed by atoms with Gasteiger partial charge in [-0.25, -0.2) is 9.97 Å². The number of carbonyl (C=O) groups is 1. The number of H-pyrrole nitrogens is 1. The monoisotopic (exact) mass is 255 g/mol. The number of fused-ring (bicyclic) bond motifs is 1. The maximum atomic E-state index is 11.9. The lowest BCUT2D eigenvalue weighted by Crippen LogP contribution is -2.26. The average molecular weight is 255 g/mol. The standard InChI is InChI=1S/C13H13N5O/c19-13(15-6-10-5-14-8-16-10)7-18-9-17-11-3-1-2-4-12(11)18/h1-5,8-9H,6-7H2,(H,14,16)(H,15,19). The van der Waals surface area contributed by atoms with Gasteiger partial charge in [0.15, 0.2) is 0 Å². The molecule has 0 bridgehead atoms. The minimum atomic E-state index is -0.0576. The van der Waals surface area contributed by atoms with Gasteiger partial charge in [0.1, 0.15) is 6.54 Å². The summed E-state index contributed by atoms with van der Waals surface area (Å²) in [7, 11) is 0. The number of benzene rings is 1. The Morgan fingerprint density at radius 2 is 2.26 bits per heavy atom. The molecule has 0 aliphatic rings. The van der Waals surface area contributed by atoms with Crippen molar-refractivity contribution in [3.8, 4) is 0 Å². The quantitative estimate of drug-likeness (QED) is 0.732. The van der Waals surface area contributed by atoms with E-state index in [0.717, 1.165) is 16.7 Å². The molecule has 0 aliphatic heterocycles. The van der Waals surface area contributed by atoms with Gasteiger partial charge in [-0.2, -0.15) is 0 Å². The normalized spacial score (nSPS) is 10.7. The van der Waals surface area contributed by atoms with Crippen LogP contribution in [0.15, 0.2) is 43.1 Å². The zero-order valence-electron chi connectivity index (χ0n) is 10.2. The number of nitrogens with one attached hydrogen (secondary N) is 2. The van der Waals surface area contributed by atoms with Crippen LogP contribution in [0.2, 0.25) is 0 Å². The SMILES string of the molecule is O=C(Cn1cnc2ccccc21)NCc1cnc[nH]1. The number of imidazole rings is 2. The van der Waals surface area contributed by atoms with Crippen LogP contribution in [0.4, 0.5) is 0 Å². The molecule has 1 aromatic carbocycles. The minimum Gasteiger partial charge on any atom is -0.349 e. The van der Waals surface area contributed by atoms with E-state index in [9.17, 15) is 4.79 Å². The molecule has 0 spiro atoms. The molecule has 96 valence electrons. The summed E-state index contributed by atoms with van der Waals surface area (Å²) in [6.45, 7) is 0.708. The predicted octanol–water partition coefficient (Wildman–Crippen LogP) is 1.08. The predicted molar refractivity (Wildman–Crippen MR) is 70.2 cm³/mol. The second-order valence-electron chi connectivity index (χ2n) is 4.21. The van der Waals surface area contributed by atoms with Crippen LogP contribution in [0.5, 0.6) is 0 Å². The minimum absolute atomic E-state index is 0.0576. The second kappa shape index (κ2) is 4.93. The Balaban J connectivity index is 1.66. The first kappa shape index (κ1) is 11.5. The van der Waals surface area contributed by atoms with Crippen LogP contribution in [-0.2, 0) is 17.9 Å². The molecule has 19 heavy (non-hydrogen) atoms. The van der Waals surface area contributed by atoms with E-state index in [1.165, 1.54) is 0 Å². The van der Waals surface area contributed by atoms with Gasteiger partial charge in [0.2, 0.25) is 5.91 Å². The number of rotatable bonds is 4. The van der Waals surface area contributed by atoms with Crippen molar-refractivity contribution in [2.45, 2.75) is 13.1 Å². The number of aromatic nitrogens is 4. The molecule has 0 saturated heterocycles. The Morgan fingerprint density at radius 1 is 1.37 bits per heavy atom. The third-order valence-corrected chi connectivity index (χ3v) is 2.87. The number of amides is 1. The van der Waals surface area contributed by atoms with Crippen molar-refractivity contribution in [3.05, 3.63) is 48.8 Å². The number of aromatic amines is 1. The van der Waals surface area contributed by atoms with E-state index in [0.29, 0.717) is 6.54 Å². The van der Waals surface area contributed by atoms with Crippen molar-refractivity contribution >= 4 is 16.9 Å². The van der Waals surface area contributed by atoms with Crippen LogP contribution >= 0.6 is 0 Å². The molecule has 0 aliphatic carbocycles.